The van der Waals surface area contributed by atoms with Crippen LogP contribution in [-0.4, -0.2) is 6.54 Å². The summed E-state index contributed by atoms with van der Waals surface area (Å²) < 4.78 is 20.6. The van der Waals surface area contributed by atoms with Crippen LogP contribution in [0.4, 0.5) is 21.5 Å². The molecule has 196 valence electrons. The summed E-state index contributed by atoms with van der Waals surface area (Å²) in [5.74, 6) is -0.289. The molecule has 5 aromatic rings. The van der Waals surface area contributed by atoms with Gasteiger partial charge in [0.15, 0.2) is 0 Å². The predicted molar refractivity (Wildman–Crippen MR) is 167 cm³/mol. The lowest BCUT2D eigenvalue weighted by molar-refractivity contribution is 0.627. The van der Waals surface area contributed by atoms with Crippen LogP contribution >= 0.6 is 18.7 Å². The molecule has 0 aliphatic carbocycles. The molecule has 39 heavy (non-hydrogen) atoms. The zero-order chi connectivity index (χ0) is 27.1. The highest BCUT2D eigenvalue weighted by atomic mass is 35.5. The van der Waals surface area contributed by atoms with Gasteiger partial charge in [-0.25, -0.2) is 4.39 Å². The highest BCUT2D eigenvalue weighted by molar-refractivity contribution is 7.87. The molecule has 0 heterocycles. The average molecular weight is 553 g/mol. The summed E-state index contributed by atoms with van der Waals surface area (Å²) in [5, 5.41) is 4.10. The van der Waals surface area contributed by atoms with E-state index in [2.05, 4.69) is 84.6 Å². The Morgan fingerprint density at radius 2 is 1.21 bits per heavy atom. The summed E-state index contributed by atoms with van der Waals surface area (Å²) in [6, 6.07) is 44.1. The van der Waals surface area contributed by atoms with Crippen LogP contribution in [0.15, 0.2) is 138 Å². The molecule has 0 radical (unpaired) electrons. The minimum atomic E-state index is -2.53. The fourth-order valence-corrected chi connectivity index (χ4v) is 8.51. The number of unbranched alkanes of at least 4 members (excludes halogenated alkanes) is 1. The van der Waals surface area contributed by atoms with Crippen LogP contribution in [0, 0.1) is 5.82 Å². The molecule has 0 aliphatic rings. The highest BCUT2D eigenvalue weighted by Crippen LogP contribution is 2.51. The number of benzene rings is 5. The van der Waals surface area contributed by atoms with Crippen molar-refractivity contribution < 1.29 is 4.39 Å². The van der Waals surface area contributed by atoms with Crippen molar-refractivity contribution in [3.8, 4) is 0 Å². The number of halogens is 2. The molecule has 2 nitrogen and oxygen atoms in total. The standard InChI is InChI=1S/C34H31ClFN2P/c1-2-3-25-38(29-22-19-27(35)20-23-29)34-26-28(36)21-24-33(34)37-39(30-13-7-4-8-14-30,31-15-9-5-10-16-31)32-17-11-6-12-18-32/h4-24,26H,2-3,25H2,1H3. The second-order valence-corrected chi connectivity index (χ2v) is 12.8. The van der Waals surface area contributed by atoms with Crippen molar-refractivity contribution in [2.24, 2.45) is 4.74 Å². The van der Waals surface area contributed by atoms with E-state index in [0.717, 1.165) is 52.4 Å². The van der Waals surface area contributed by atoms with Gasteiger partial charge in [0.25, 0.3) is 0 Å². The van der Waals surface area contributed by atoms with Crippen molar-refractivity contribution in [1.82, 2.24) is 0 Å². The van der Waals surface area contributed by atoms with Crippen molar-refractivity contribution in [1.29, 1.82) is 0 Å². The van der Waals surface area contributed by atoms with E-state index in [-0.39, 0.29) is 5.82 Å². The predicted octanol–water partition coefficient (Wildman–Crippen LogP) is 9.23. The van der Waals surface area contributed by atoms with Crippen molar-refractivity contribution >= 4 is 51.6 Å². The Balaban J connectivity index is 1.85. The third-order valence-corrected chi connectivity index (χ3v) is 10.7. The normalized spacial score (nSPS) is 11.3. The minimum absolute atomic E-state index is 0.289. The molecule has 0 bridgehead atoms. The zero-order valence-corrected chi connectivity index (χ0v) is 23.6. The van der Waals surface area contributed by atoms with E-state index in [9.17, 15) is 4.39 Å². The van der Waals surface area contributed by atoms with E-state index in [1.54, 1.807) is 6.07 Å². The van der Waals surface area contributed by atoms with Gasteiger partial charge in [0, 0.05) is 33.2 Å². The smallest absolute Gasteiger partial charge is 0.125 e. The van der Waals surface area contributed by atoms with Crippen molar-refractivity contribution in [3.05, 3.63) is 144 Å². The van der Waals surface area contributed by atoms with Crippen LogP contribution in [0.2, 0.25) is 5.02 Å². The molecule has 0 aliphatic heterocycles. The maximum Gasteiger partial charge on any atom is 0.125 e. The number of nitrogens with zero attached hydrogens (tertiary/aromatic N) is 2. The molecule has 0 unspecified atom stereocenters. The molecule has 0 aromatic heterocycles. The minimum Gasteiger partial charge on any atom is -0.340 e. The van der Waals surface area contributed by atoms with Crippen LogP contribution in [0.3, 0.4) is 0 Å². The Morgan fingerprint density at radius 1 is 0.692 bits per heavy atom. The van der Waals surface area contributed by atoms with E-state index in [1.165, 1.54) is 6.07 Å². The third-order valence-electron chi connectivity index (χ3n) is 6.75. The summed E-state index contributed by atoms with van der Waals surface area (Å²) in [4.78, 5) is 2.16. The topological polar surface area (TPSA) is 15.6 Å². The molecule has 0 fully saturated rings. The highest BCUT2D eigenvalue weighted by Gasteiger charge is 2.28. The molecular weight excluding hydrogens is 522 g/mol. The maximum atomic E-state index is 14.9. The lowest BCUT2D eigenvalue weighted by Gasteiger charge is -2.30. The van der Waals surface area contributed by atoms with Gasteiger partial charge in [-0.15, -0.1) is 0 Å². The van der Waals surface area contributed by atoms with E-state index >= 15 is 0 Å². The first-order valence-electron chi connectivity index (χ1n) is 13.2. The van der Waals surface area contributed by atoms with E-state index < -0.39 is 7.05 Å². The Morgan fingerprint density at radius 3 is 1.69 bits per heavy atom. The van der Waals surface area contributed by atoms with Crippen LogP contribution in [0.5, 0.6) is 0 Å². The Labute approximate surface area is 235 Å². The van der Waals surface area contributed by atoms with Crippen molar-refractivity contribution in [3.63, 3.8) is 0 Å². The maximum absolute atomic E-state index is 14.9. The van der Waals surface area contributed by atoms with Crippen LogP contribution in [0.1, 0.15) is 19.8 Å². The number of anilines is 2. The lowest BCUT2D eigenvalue weighted by Crippen LogP contribution is -2.25. The van der Waals surface area contributed by atoms with Gasteiger partial charge in [-0.1, -0.05) is 116 Å². The van der Waals surface area contributed by atoms with Gasteiger partial charge in [-0.2, -0.15) is 0 Å². The summed E-state index contributed by atoms with van der Waals surface area (Å²) in [6.07, 6.45) is 1.97. The quantitative estimate of drug-likeness (QED) is 0.166. The van der Waals surface area contributed by atoms with Gasteiger partial charge < -0.3 is 4.90 Å². The largest absolute Gasteiger partial charge is 0.340 e. The Hall–Kier alpha value is -3.65. The van der Waals surface area contributed by atoms with E-state index in [1.807, 2.05) is 48.5 Å². The van der Waals surface area contributed by atoms with Crippen molar-refractivity contribution in [2.45, 2.75) is 19.8 Å². The van der Waals surface area contributed by atoms with Gasteiger partial charge in [0.1, 0.15) is 5.82 Å². The summed E-state index contributed by atoms with van der Waals surface area (Å²) >= 11 is 6.22. The second kappa shape index (κ2) is 12.5. The summed E-state index contributed by atoms with van der Waals surface area (Å²) in [7, 11) is -2.53. The van der Waals surface area contributed by atoms with Gasteiger partial charge in [-0.05, 0) is 48.9 Å². The molecule has 5 rings (SSSR count). The molecular formula is C34H31ClFN2P. The Bertz CT molecular complexity index is 1450. The molecule has 5 heteroatoms. The first-order valence-corrected chi connectivity index (χ1v) is 15.4. The van der Waals surface area contributed by atoms with E-state index in [4.69, 9.17) is 16.3 Å². The van der Waals surface area contributed by atoms with Crippen LogP contribution in [0.25, 0.3) is 0 Å². The SMILES string of the molecule is CCCCN(c1ccc(Cl)cc1)c1cc(F)ccc1N=P(c1ccccc1)(c1ccccc1)c1ccccc1. The lowest BCUT2D eigenvalue weighted by atomic mass is 10.2. The van der Waals surface area contributed by atoms with Gasteiger partial charge >= 0.3 is 0 Å². The third kappa shape index (κ3) is 5.86. The Kier molecular flexibility index (Phi) is 8.61. The van der Waals surface area contributed by atoms with Crippen LogP contribution in [-0.2, 0) is 0 Å². The first kappa shape index (κ1) is 26.9. The number of hydrogen-bond acceptors (Lipinski definition) is 2. The monoisotopic (exact) mass is 552 g/mol. The molecule has 0 saturated heterocycles. The average Bonchev–Trinajstić information content (AvgIpc) is 2.99. The molecule has 0 amide bonds. The molecule has 0 atom stereocenters. The fraction of sp³-hybridized carbons (Fsp3) is 0.118. The number of rotatable bonds is 9. The second-order valence-electron chi connectivity index (χ2n) is 9.36. The molecule has 0 N–H and O–H groups in total. The molecule has 0 spiro atoms. The summed E-state index contributed by atoms with van der Waals surface area (Å²) in [6.45, 7) is 2.89. The van der Waals surface area contributed by atoms with Gasteiger partial charge in [0.05, 0.1) is 18.4 Å². The number of hydrogen-bond donors (Lipinski definition) is 0. The summed E-state index contributed by atoms with van der Waals surface area (Å²) in [5.41, 5.74) is 2.46. The molecule has 5 aromatic carbocycles. The van der Waals surface area contributed by atoms with Crippen LogP contribution < -0.4 is 20.8 Å². The van der Waals surface area contributed by atoms with Gasteiger partial charge in [0.2, 0.25) is 0 Å². The fourth-order valence-electron chi connectivity index (χ4n) is 4.84. The first-order chi connectivity index (χ1) is 19.1. The zero-order valence-electron chi connectivity index (χ0n) is 21.9. The van der Waals surface area contributed by atoms with Crippen molar-refractivity contribution in [2.75, 3.05) is 11.4 Å². The van der Waals surface area contributed by atoms with Gasteiger partial charge in [-0.3, -0.25) is 4.74 Å². The molecule has 0 saturated carbocycles. The van der Waals surface area contributed by atoms with E-state index in [0.29, 0.717) is 5.02 Å².